The first-order valence-corrected chi connectivity index (χ1v) is 5.75. The highest BCUT2D eigenvalue weighted by molar-refractivity contribution is 7.80. The third-order valence-electron chi connectivity index (χ3n) is 2.61. The Bertz CT molecular complexity index is 358. The largest absolute Gasteiger partial charge is 0.360 e. The van der Waals surface area contributed by atoms with Crippen LogP contribution in [0.5, 0.6) is 0 Å². The molecular formula is C12H16N2S. The molecule has 3 heteroatoms. The van der Waals surface area contributed by atoms with Crippen molar-refractivity contribution in [2.24, 2.45) is 0 Å². The highest BCUT2D eigenvalue weighted by Crippen LogP contribution is 2.18. The maximum Gasteiger partial charge on any atom is 0.166 e. The summed E-state index contributed by atoms with van der Waals surface area (Å²) in [5, 5.41) is 7.27. The third kappa shape index (κ3) is 3.20. The predicted molar refractivity (Wildman–Crippen MR) is 66.8 cm³/mol. The van der Waals surface area contributed by atoms with Crippen LogP contribution >= 0.6 is 12.2 Å². The molecule has 0 amide bonds. The second-order valence-electron chi connectivity index (χ2n) is 4.03. The summed E-state index contributed by atoms with van der Waals surface area (Å²) < 4.78 is 0. The smallest absolute Gasteiger partial charge is 0.166 e. The van der Waals surface area contributed by atoms with Gasteiger partial charge in [0.05, 0.1) is 0 Å². The Morgan fingerprint density at radius 1 is 1.40 bits per heavy atom. The Balaban J connectivity index is 1.81. The number of rotatable bonds is 3. The summed E-state index contributed by atoms with van der Waals surface area (Å²) in [6, 6.07) is 8.99. The van der Waals surface area contributed by atoms with Crippen molar-refractivity contribution in [2.45, 2.75) is 32.4 Å². The Morgan fingerprint density at radius 2 is 2.13 bits per heavy atom. The van der Waals surface area contributed by atoms with Gasteiger partial charge in [0.15, 0.2) is 5.11 Å². The van der Waals surface area contributed by atoms with E-state index >= 15 is 0 Å². The summed E-state index contributed by atoms with van der Waals surface area (Å²) in [5.41, 5.74) is 2.61. The Labute approximate surface area is 96.1 Å². The van der Waals surface area contributed by atoms with Gasteiger partial charge in [-0.3, -0.25) is 0 Å². The van der Waals surface area contributed by atoms with Gasteiger partial charge in [-0.1, -0.05) is 24.3 Å². The molecule has 0 bridgehead atoms. The van der Waals surface area contributed by atoms with Crippen LogP contribution in [0.2, 0.25) is 0 Å². The average Bonchev–Trinajstić information content (AvgIpc) is 3.00. The van der Waals surface area contributed by atoms with E-state index in [-0.39, 0.29) is 0 Å². The van der Waals surface area contributed by atoms with Crippen LogP contribution in [-0.4, -0.2) is 11.2 Å². The van der Waals surface area contributed by atoms with E-state index in [0.717, 1.165) is 11.7 Å². The summed E-state index contributed by atoms with van der Waals surface area (Å²) in [6.07, 6.45) is 2.51. The fourth-order valence-electron chi connectivity index (χ4n) is 1.45. The molecule has 1 aliphatic carbocycles. The highest BCUT2D eigenvalue weighted by atomic mass is 32.1. The quantitative estimate of drug-likeness (QED) is 0.763. The molecule has 15 heavy (non-hydrogen) atoms. The Kier molecular flexibility index (Phi) is 3.21. The van der Waals surface area contributed by atoms with Gasteiger partial charge in [-0.25, -0.2) is 0 Å². The second kappa shape index (κ2) is 4.62. The Morgan fingerprint density at radius 3 is 2.80 bits per heavy atom. The van der Waals surface area contributed by atoms with Crippen LogP contribution < -0.4 is 10.6 Å². The van der Waals surface area contributed by atoms with Gasteiger partial charge in [0.25, 0.3) is 0 Å². The van der Waals surface area contributed by atoms with Gasteiger partial charge in [0, 0.05) is 12.6 Å². The van der Waals surface area contributed by atoms with Crippen LogP contribution in [0.15, 0.2) is 24.3 Å². The fourth-order valence-corrected chi connectivity index (χ4v) is 1.69. The van der Waals surface area contributed by atoms with E-state index in [4.69, 9.17) is 12.2 Å². The zero-order chi connectivity index (χ0) is 10.7. The predicted octanol–water partition coefficient (Wildman–Crippen LogP) is 2.12. The van der Waals surface area contributed by atoms with E-state index in [9.17, 15) is 0 Å². The van der Waals surface area contributed by atoms with Gasteiger partial charge < -0.3 is 10.6 Å². The average molecular weight is 220 g/mol. The number of hydrogen-bond acceptors (Lipinski definition) is 1. The minimum atomic E-state index is 0.627. The molecule has 2 N–H and O–H groups in total. The molecule has 0 spiro atoms. The van der Waals surface area contributed by atoms with Crippen LogP contribution in [0.25, 0.3) is 0 Å². The van der Waals surface area contributed by atoms with E-state index in [1.54, 1.807) is 0 Å². The standard InChI is InChI=1S/C12H16N2S/c1-9-4-2-3-5-10(9)8-13-12(15)14-11-6-7-11/h2-5,11H,6-8H2,1H3,(H2,13,14,15). The molecular weight excluding hydrogens is 204 g/mol. The first kappa shape index (κ1) is 10.4. The van der Waals surface area contributed by atoms with Crippen molar-refractivity contribution in [1.82, 2.24) is 10.6 Å². The van der Waals surface area contributed by atoms with Crippen LogP contribution in [0, 0.1) is 6.92 Å². The maximum atomic E-state index is 5.19. The lowest BCUT2D eigenvalue weighted by atomic mass is 10.1. The normalized spacial score (nSPS) is 14.7. The minimum Gasteiger partial charge on any atom is -0.360 e. The van der Waals surface area contributed by atoms with Gasteiger partial charge in [0.1, 0.15) is 0 Å². The van der Waals surface area contributed by atoms with Gasteiger partial charge in [0.2, 0.25) is 0 Å². The lowest BCUT2D eigenvalue weighted by molar-refractivity contribution is 0.826. The number of hydrogen-bond donors (Lipinski definition) is 2. The lowest BCUT2D eigenvalue weighted by Crippen LogP contribution is -2.36. The number of aryl methyl sites for hydroxylation is 1. The molecule has 1 aromatic carbocycles. The molecule has 0 aliphatic heterocycles. The van der Waals surface area contributed by atoms with Gasteiger partial charge in [-0.2, -0.15) is 0 Å². The lowest BCUT2D eigenvalue weighted by Gasteiger charge is -2.10. The van der Waals surface area contributed by atoms with Crippen molar-refractivity contribution in [3.63, 3.8) is 0 Å². The maximum absolute atomic E-state index is 5.19. The zero-order valence-electron chi connectivity index (χ0n) is 8.92. The van der Waals surface area contributed by atoms with Crippen LogP contribution in [0.4, 0.5) is 0 Å². The van der Waals surface area contributed by atoms with Gasteiger partial charge in [-0.15, -0.1) is 0 Å². The summed E-state index contributed by atoms with van der Waals surface area (Å²) >= 11 is 5.19. The molecule has 2 nitrogen and oxygen atoms in total. The van der Waals surface area contributed by atoms with Crippen molar-refractivity contribution in [2.75, 3.05) is 0 Å². The molecule has 2 rings (SSSR count). The Hall–Kier alpha value is -1.09. The molecule has 0 aromatic heterocycles. The molecule has 0 atom stereocenters. The van der Waals surface area contributed by atoms with Crippen molar-refractivity contribution < 1.29 is 0 Å². The molecule has 1 aliphatic rings. The second-order valence-corrected chi connectivity index (χ2v) is 4.44. The molecule has 1 fully saturated rings. The molecule has 0 heterocycles. The van der Waals surface area contributed by atoms with E-state index in [1.807, 2.05) is 0 Å². The molecule has 1 aromatic rings. The van der Waals surface area contributed by atoms with Crippen molar-refractivity contribution in [1.29, 1.82) is 0 Å². The van der Waals surface area contributed by atoms with Crippen molar-refractivity contribution in [3.8, 4) is 0 Å². The SMILES string of the molecule is Cc1ccccc1CNC(=S)NC1CC1. The highest BCUT2D eigenvalue weighted by Gasteiger charge is 2.21. The first-order chi connectivity index (χ1) is 7.25. The molecule has 1 saturated carbocycles. The van der Waals surface area contributed by atoms with E-state index in [0.29, 0.717) is 6.04 Å². The van der Waals surface area contributed by atoms with Crippen molar-refractivity contribution >= 4 is 17.3 Å². The van der Waals surface area contributed by atoms with Crippen LogP contribution in [0.1, 0.15) is 24.0 Å². The summed E-state index contributed by atoms with van der Waals surface area (Å²) in [6.45, 7) is 2.93. The molecule has 0 saturated heterocycles. The summed E-state index contributed by atoms with van der Waals surface area (Å²) in [5.74, 6) is 0. The molecule has 0 unspecified atom stereocenters. The number of thiocarbonyl (C=S) groups is 1. The van der Waals surface area contributed by atoms with Crippen LogP contribution in [-0.2, 0) is 6.54 Å². The topological polar surface area (TPSA) is 24.1 Å². The molecule has 80 valence electrons. The number of nitrogens with one attached hydrogen (secondary N) is 2. The van der Waals surface area contributed by atoms with E-state index in [1.165, 1.54) is 24.0 Å². The third-order valence-corrected chi connectivity index (χ3v) is 2.88. The van der Waals surface area contributed by atoms with E-state index in [2.05, 4.69) is 41.8 Å². The number of benzene rings is 1. The zero-order valence-corrected chi connectivity index (χ0v) is 9.73. The monoisotopic (exact) mass is 220 g/mol. The fraction of sp³-hybridized carbons (Fsp3) is 0.417. The van der Waals surface area contributed by atoms with E-state index < -0.39 is 0 Å². The first-order valence-electron chi connectivity index (χ1n) is 5.34. The minimum absolute atomic E-state index is 0.627. The van der Waals surface area contributed by atoms with Crippen molar-refractivity contribution in [3.05, 3.63) is 35.4 Å². The summed E-state index contributed by atoms with van der Waals surface area (Å²) in [4.78, 5) is 0. The summed E-state index contributed by atoms with van der Waals surface area (Å²) in [7, 11) is 0. The van der Waals surface area contributed by atoms with Gasteiger partial charge >= 0.3 is 0 Å². The van der Waals surface area contributed by atoms with Gasteiger partial charge in [-0.05, 0) is 43.1 Å². The van der Waals surface area contributed by atoms with Crippen LogP contribution in [0.3, 0.4) is 0 Å². The molecule has 0 radical (unpaired) electrons.